The van der Waals surface area contributed by atoms with E-state index >= 15 is 0 Å². The molecule has 0 heterocycles. The molecule has 0 saturated heterocycles. The molecular weight excluding hydrogens is 292 g/mol. The van der Waals surface area contributed by atoms with Crippen molar-refractivity contribution in [1.29, 1.82) is 0 Å². The molecule has 0 aliphatic rings. The number of Topliss-reactive ketones (excluding diaryl/α,β-unsaturated/α-hetero) is 1. The van der Waals surface area contributed by atoms with Crippen molar-refractivity contribution < 1.29 is 14.3 Å². The summed E-state index contributed by atoms with van der Waals surface area (Å²) in [6.07, 6.45) is 2.90. The fourth-order valence-corrected chi connectivity index (χ4v) is 1.81. The second-order valence-corrected chi connectivity index (χ2v) is 8.05. The van der Waals surface area contributed by atoms with Gasteiger partial charge in [0.25, 0.3) is 0 Å². The Morgan fingerprint density at radius 1 is 0.870 bits per heavy atom. The summed E-state index contributed by atoms with van der Waals surface area (Å²) in [5.41, 5.74) is -0.313. The second-order valence-electron chi connectivity index (χ2n) is 8.05. The standard InChI is InChI=1S/C18H36N2O3/c1-17(2,3)15(21)14-16(22)19-10-8-7-9-12-23-13-11-20-18(4,5)6/h20H,7-14H2,1-6H3,(H,19,22). The highest BCUT2D eigenvalue weighted by Gasteiger charge is 2.23. The van der Waals surface area contributed by atoms with Gasteiger partial charge >= 0.3 is 0 Å². The Balaban J connectivity index is 3.43. The molecule has 0 aromatic carbocycles. The summed E-state index contributed by atoms with van der Waals surface area (Å²) in [4.78, 5) is 23.3. The van der Waals surface area contributed by atoms with Crippen LogP contribution in [0.1, 0.15) is 67.2 Å². The minimum Gasteiger partial charge on any atom is -0.380 e. The summed E-state index contributed by atoms with van der Waals surface area (Å²) in [5, 5.41) is 6.17. The van der Waals surface area contributed by atoms with Gasteiger partial charge in [0.15, 0.2) is 0 Å². The van der Waals surface area contributed by atoms with E-state index in [1.165, 1.54) is 0 Å². The lowest BCUT2D eigenvalue weighted by Gasteiger charge is -2.20. The van der Waals surface area contributed by atoms with Crippen LogP contribution in [0.3, 0.4) is 0 Å². The first kappa shape index (κ1) is 22.1. The van der Waals surface area contributed by atoms with Crippen LogP contribution in [0.25, 0.3) is 0 Å². The van der Waals surface area contributed by atoms with Gasteiger partial charge in [0.1, 0.15) is 5.78 Å². The molecule has 0 fully saturated rings. The topological polar surface area (TPSA) is 67.4 Å². The maximum absolute atomic E-state index is 11.7. The van der Waals surface area contributed by atoms with Crippen LogP contribution in [0.15, 0.2) is 0 Å². The third-order valence-electron chi connectivity index (χ3n) is 3.35. The summed E-state index contributed by atoms with van der Waals surface area (Å²) in [6.45, 7) is 14.9. The van der Waals surface area contributed by atoms with Crippen LogP contribution in [0.2, 0.25) is 0 Å². The molecule has 0 aliphatic carbocycles. The van der Waals surface area contributed by atoms with E-state index in [0.717, 1.165) is 39.0 Å². The zero-order valence-corrected chi connectivity index (χ0v) is 15.9. The van der Waals surface area contributed by atoms with Crippen LogP contribution in [-0.4, -0.2) is 43.5 Å². The van der Waals surface area contributed by atoms with Crippen molar-refractivity contribution in [2.75, 3.05) is 26.3 Å². The smallest absolute Gasteiger partial charge is 0.227 e. The number of carbonyl (C=O) groups excluding carboxylic acids is 2. The molecule has 5 nitrogen and oxygen atoms in total. The Morgan fingerprint density at radius 2 is 1.52 bits per heavy atom. The monoisotopic (exact) mass is 328 g/mol. The molecule has 0 saturated carbocycles. The molecule has 0 bridgehead atoms. The van der Waals surface area contributed by atoms with Gasteiger partial charge in [0.2, 0.25) is 5.91 Å². The first-order valence-corrected chi connectivity index (χ1v) is 8.65. The lowest BCUT2D eigenvalue weighted by atomic mass is 9.89. The molecule has 0 atom stereocenters. The van der Waals surface area contributed by atoms with Crippen molar-refractivity contribution >= 4 is 11.7 Å². The summed E-state index contributed by atoms with van der Waals surface area (Å²) in [7, 11) is 0. The van der Waals surface area contributed by atoms with E-state index in [4.69, 9.17) is 4.74 Å². The molecule has 0 rings (SSSR count). The number of unbranched alkanes of at least 4 members (excludes halogenated alkanes) is 2. The van der Waals surface area contributed by atoms with Gasteiger partial charge in [-0.3, -0.25) is 9.59 Å². The summed E-state index contributed by atoms with van der Waals surface area (Å²) < 4.78 is 5.55. The maximum Gasteiger partial charge on any atom is 0.227 e. The number of amides is 1. The fourth-order valence-electron chi connectivity index (χ4n) is 1.81. The van der Waals surface area contributed by atoms with Gasteiger partial charge < -0.3 is 15.4 Å². The number of hydrogen-bond donors (Lipinski definition) is 2. The number of rotatable bonds is 11. The van der Waals surface area contributed by atoms with E-state index in [1.54, 1.807) is 0 Å². The van der Waals surface area contributed by atoms with Crippen molar-refractivity contribution in [3.8, 4) is 0 Å². The third-order valence-corrected chi connectivity index (χ3v) is 3.35. The molecule has 0 radical (unpaired) electrons. The van der Waals surface area contributed by atoms with Crippen molar-refractivity contribution in [3.05, 3.63) is 0 Å². The molecule has 0 spiro atoms. The number of carbonyl (C=O) groups is 2. The first-order valence-electron chi connectivity index (χ1n) is 8.65. The van der Waals surface area contributed by atoms with Gasteiger partial charge in [-0.25, -0.2) is 0 Å². The zero-order chi connectivity index (χ0) is 17.9. The minimum atomic E-state index is -0.448. The average molecular weight is 328 g/mol. The van der Waals surface area contributed by atoms with Crippen molar-refractivity contribution in [2.24, 2.45) is 5.41 Å². The molecule has 0 aromatic heterocycles. The summed E-state index contributed by atoms with van der Waals surface area (Å²) in [5.74, 6) is -0.193. The van der Waals surface area contributed by atoms with Crippen LogP contribution in [0.4, 0.5) is 0 Å². The number of hydrogen-bond acceptors (Lipinski definition) is 4. The lowest BCUT2D eigenvalue weighted by molar-refractivity contribution is -0.132. The largest absolute Gasteiger partial charge is 0.380 e. The van der Waals surface area contributed by atoms with Crippen molar-refractivity contribution in [2.45, 2.75) is 72.8 Å². The quantitative estimate of drug-likeness (QED) is 0.452. The Morgan fingerprint density at radius 3 is 2.09 bits per heavy atom. The molecule has 136 valence electrons. The molecule has 0 aromatic rings. The SMILES string of the molecule is CC(C)(C)NCCOCCCCCNC(=O)CC(=O)C(C)(C)C. The molecular formula is C18H36N2O3. The number of nitrogens with one attached hydrogen (secondary N) is 2. The average Bonchev–Trinajstić information content (AvgIpc) is 2.38. The van der Waals surface area contributed by atoms with E-state index in [-0.39, 0.29) is 23.7 Å². The normalized spacial score (nSPS) is 12.3. The number of ether oxygens (including phenoxy) is 1. The van der Waals surface area contributed by atoms with E-state index in [9.17, 15) is 9.59 Å². The Bertz CT molecular complexity index is 354. The molecule has 0 aliphatic heterocycles. The zero-order valence-electron chi connectivity index (χ0n) is 15.9. The van der Waals surface area contributed by atoms with Crippen LogP contribution in [0.5, 0.6) is 0 Å². The Kier molecular flexibility index (Phi) is 10.3. The second kappa shape index (κ2) is 10.8. The highest BCUT2D eigenvalue weighted by Crippen LogP contribution is 2.16. The maximum atomic E-state index is 11.7. The predicted molar refractivity (Wildman–Crippen MR) is 94.5 cm³/mol. The predicted octanol–water partition coefficient (Wildman–Crippen LogP) is 2.68. The van der Waals surface area contributed by atoms with Gasteiger partial charge in [-0.15, -0.1) is 0 Å². The van der Waals surface area contributed by atoms with Crippen LogP contribution < -0.4 is 10.6 Å². The van der Waals surface area contributed by atoms with Gasteiger partial charge in [0.05, 0.1) is 13.0 Å². The molecule has 1 amide bonds. The van der Waals surface area contributed by atoms with Crippen molar-refractivity contribution in [1.82, 2.24) is 10.6 Å². The van der Waals surface area contributed by atoms with Crippen LogP contribution >= 0.6 is 0 Å². The Hall–Kier alpha value is -0.940. The number of ketones is 1. The lowest BCUT2D eigenvalue weighted by Crippen LogP contribution is -2.38. The van der Waals surface area contributed by atoms with Crippen LogP contribution in [-0.2, 0) is 14.3 Å². The summed E-state index contributed by atoms with van der Waals surface area (Å²) in [6, 6.07) is 0. The van der Waals surface area contributed by atoms with Gasteiger partial charge in [0, 0.05) is 30.7 Å². The van der Waals surface area contributed by atoms with Gasteiger partial charge in [-0.2, -0.15) is 0 Å². The van der Waals surface area contributed by atoms with E-state index < -0.39 is 5.41 Å². The highest BCUT2D eigenvalue weighted by molar-refractivity contribution is 6.00. The molecule has 5 heteroatoms. The minimum absolute atomic E-state index is 0.0204. The molecule has 2 N–H and O–H groups in total. The van der Waals surface area contributed by atoms with E-state index in [2.05, 4.69) is 31.4 Å². The summed E-state index contributed by atoms with van der Waals surface area (Å²) >= 11 is 0. The Labute approximate surface area is 141 Å². The van der Waals surface area contributed by atoms with E-state index in [1.807, 2.05) is 20.8 Å². The fraction of sp³-hybridized carbons (Fsp3) is 0.889. The van der Waals surface area contributed by atoms with Crippen molar-refractivity contribution in [3.63, 3.8) is 0 Å². The first-order chi connectivity index (χ1) is 10.5. The van der Waals surface area contributed by atoms with Crippen LogP contribution in [0, 0.1) is 5.41 Å². The van der Waals surface area contributed by atoms with Gasteiger partial charge in [-0.1, -0.05) is 20.8 Å². The third kappa shape index (κ3) is 14.4. The highest BCUT2D eigenvalue weighted by atomic mass is 16.5. The van der Waals surface area contributed by atoms with Gasteiger partial charge in [-0.05, 0) is 40.0 Å². The van der Waals surface area contributed by atoms with E-state index in [0.29, 0.717) is 6.54 Å². The molecule has 23 heavy (non-hydrogen) atoms. The molecule has 0 unspecified atom stereocenters.